The van der Waals surface area contributed by atoms with Gasteiger partial charge < -0.3 is 0 Å². The lowest BCUT2D eigenvalue weighted by atomic mass is 9.98. The molecular formula is C13H16N4. The highest BCUT2D eigenvalue weighted by Gasteiger charge is 2.11. The van der Waals surface area contributed by atoms with Crippen molar-refractivity contribution in [3.8, 4) is 0 Å². The second-order valence-corrected chi connectivity index (χ2v) is 4.02. The number of aryl methyl sites for hydroxylation is 1. The second kappa shape index (κ2) is 5.52. The predicted octanol–water partition coefficient (Wildman–Crippen LogP) is 1.53. The molecular weight excluding hydrogens is 212 g/mol. The van der Waals surface area contributed by atoms with Gasteiger partial charge in [-0.05, 0) is 24.5 Å². The summed E-state index contributed by atoms with van der Waals surface area (Å²) in [6, 6.07) is 8.33. The van der Waals surface area contributed by atoms with E-state index in [4.69, 9.17) is 5.84 Å². The standard InChI is InChI=1S/C13H16N4/c1-10-4-2-3-5-11(10)6-13(17-14)12-7-15-9-16-8-12/h2-5,7-9,13,17H,6,14H2,1H3. The fourth-order valence-electron chi connectivity index (χ4n) is 1.82. The third kappa shape index (κ3) is 2.87. The first-order chi connectivity index (χ1) is 8.31. The lowest BCUT2D eigenvalue weighted by Crippen LogP contribution is -2.29. The smallest absolute Gasteiger partial charge is 0.115 e. The van der Waals surface area contributed by atoms with Crippen molar-refractivity contribution in [1.29, 1.82) is 0 Å². The van der Waals surface area contributed by atoms with Crippen LogP contribution in [0.5, 0.6) is 0 Å². The zero-order valence-electron chi connectivity index (χ0n) is 9.80. The molecule has 0 bridgehead atoms. The van der Waals surface area contributed by atoms with Crippen LogP contribution in [-0.4, -0.2) is 9.97 Å². The Labute approximate surface area is 101 Å². The van der Waals surface area contributed by atoms with Crippen molar-refractivity contribution in [3.63, 3.8) is 0 Å². The van der Waals surface area contributed by atoms with Gasteiger partial charge in [-0.15, -0.1) is 0 Å². The summed E-state index contributed by atoms with van der Waals surface area (Å²) >= 11 is 0. The fraction of sp³-hybridized carbons (Fsp3) is 0.231. The third-order valence-electron chi connectivity index (χ3n) is 2.87. The number of nitrogens with zero attached hydrogens (tertiary/aromatic N) is 2. The quantitative estimate of drug-likeness (QED) is 0.615. The van der Waals surface area contributed by atoms with Gasteiger partial charge in [0, 0.05) is 18.0 Å². The number of hydrogen-bond donors (Lipinski definition) is 2. The molecule has 1 aromatic carbocycles. The van der Waals surface area contributed by atoms with E-state index in [9.17, 15) is 0 Å². The van der Waals surface area contributed by atoms with E-state index in [1.165, 1.54) is 17.5 Å². The van der Waals surface area contributed by atoms with E-state index < -0.39 is 0 Å². The topological polar surface area (TPSA) is 63.8 Å². The van der Waals surface area contributed by atoms with Gasteiger partial charge in [-0.25, -0.2) is 9.97 Å². The van der Waals surface area contributed by atoms with Crippen molar-refractivity contribution >= 4 is 0 Å². The van der Waals surface area contributed by atoms with Crippen molar-refractivity contribution in [2.24, 2.45) is 5.84 Å². The fourth-order valence-corrected chi connectivity index (χ4v) is 1.82. The van der Waals surface area contributed by atoms with Gasteiger partial charge in [0.05, 0.1) is 6.04 Å². The van der Waals surface area contributed by atoms with Gasteiger partial charge in [-0.1, -0.05) is 24.3 Å². The van der Waals surface area contributed by atoms with Crippen LogP contribution < -0.4 is 11.3 Å². The zero-order valence-corrected chi connectivity index (χ0v) is 9.80. The number of hydrazine groups is 1. The van der Waals surface area contributed by atoms with Crippen LogP contribution in [0.25, 0.3) is 0 Å². The minimum Gasteiger partial charge on any atom is -0.271 e. The Morgan fingerprint density at radius 2 is 1.94 bits per heavy atom. The molecule has 0 spiro atoms. The molecule has 2 aromatic rings. The Morgan fingerprint density at radius 3 is 2.59 bits per heavy atom. The molecule has 1 unspecified atom stereocenters. The van der Waals surface area contributed by atoms with Gasteiger partial charge in [0.15, 0.2) is 0 Å². The van der Waals surface area contributed by atoms with E-state index in [1.807, 2.05) is 12.1 Å². The van der Waals surface area contributed by atoms with Crippen molar-refractivity contribution < 1.29 is 0 Å². The predicted molar refractivity (Wildman–Crippen MR) is 67.0 cm³/mol. The van der Waals surface area contributed by atoms with Crippen LogP contribution in [0.2, 0.25) is 0 Å². The maximum absolute atomic E-state index is 5.60. The Bertz CT molecular complexity index is 470. The summed E-state index contributed by atoms with van der Waals surface area (Å²) in [5.41, 5.74) is 6.36. The summed E-state index contributed by atoms with van der Waals surface area (Å²) in [7, 11) is 0. The normalized spacial score (nSPS) is 12.4. The average Bonchev–Trinajstić information content (AvgIpc) is 2.39. The molecule has 0 fully saturated rings. The van der Waals surface area contributed by atoms with Crippen LogP contribution in [-0.2, 0) is 6.42 Å². The molecule has 0 aliphatic carbocycles. The molecule has 0 radical (unpaired) electrons. The minimum absolute atomic E-state index is 0.0392. The molecule has 3 N–H and O–H groups in total. The zero-order chi connectivity index (χ0) is 12.1. The highest BCUT2D eigenvalue weighted by atomic mass is 15.2. The first kappa shape index (κ1) is 11.7. The second-order valence-electron chi connectivity index (χ2n) is 4.02. The minimum atomic E-state index is 0.0392. The molecule has 88 valence electrons. The van der Waals surface area contributed by atoms with Gasteiger partial charge in [0.25, 0.3) is 0 Å². The Balaban J connectivity index is 2.19. The van der Waals surface area contributed by atoms with Gasteiger partial charge >= 0.3 is 0 Å². The lowest BCUT2D eigenvalue weighted by molar-refractivity contribution is 0.547. The molecule has 1 aromatic heterocycles. The Kier molecular flexibility index (Phi) is 3.80. The van der Waals surface area contributed by atoms with Gasteiger partial charge in [-0.3, -0.25) is 11.3 Å². The number of benzene rings is 1. The maximum Gasteiger partial charge on any atom is 0.115 e. The highest BCUT2D eigenvalue weighted by Crippen LogP contribution is 2.18. The Hall–Kier alpha value is -1.78. The number of nitrogens with one attached hydrogen (secondary N) is 1. The Morgan fingerprint density at radius 1 is 1.24 bits per heavy atom. The highest BCUT2D eigenvalue weighted by molar-refractivity contribution is 5.27. The van der Waals surface area contributed by atoms with Crippen LogP contribution in [0.4, 0.5) is 0 Å². The number of nitrogens with two attached hydrogens (primary N) is 1. The number of aromatic nitrogens is 2. The van der Waals surface area contributed by atoms with Crippen LogP contribution in [0, 0.1) is 6.92 Å². The molecule has 0 amide bonds. The summed E-state index contributed by atoms with van der Waals surface area (Å²) in [6.45, 7) is 2.10. The molecule has 0 aliphatic heterocycles. The van der Waals surface area contributed by atoms with Crippen molar-refractivity contribution in [1.82, 2.24) is 15.4 Å². The monoisotopic (exact) mass is 228 g/mol. The van der Waals surface area contributed by atoms with E-state index in [1.54, 1.807) is 12.4 Å². The number of hydrogen-bond acceptors (Lipinski definition) is 4. The van der Waals surface area contributed by atoms with Crippen LogP contribution >= 0.6 is 0 Å². The molecule has 1 heterocycles. The summed E-state index contributed by atoms with van der Waals surface area (Å²) in [5.74, 6) is 5.60. The summed E-state index contributed by atoms with van der Waals surface area (Å²) in [6.07, 6.45) is 5.92. The third-order valence-corrected chi connectivity index (χ3v) is 2.87. The molecule has 4 nitrogen and oxygen atoms in total. The van der Waals surface area contributed by atoms with E-state index in [-0.39, 0.29) is 6.04 Å². The van der Waals surface area contributed by atoms with Crippen LogP contribution in [0.1, 0.15) is 22.7 Å². The molecule has 17 heavy (non-hydrogen) atoms. The van der Waals surface area contributed by atoms with E-state index in [2.05, 4.69) is 34.5 Å². The summed E-state index contributed by atoms with van der Waals surface area (Å²) < 4.78 is 0. The SMILES string of the molecule is Cc1ccccc1CC(NN)c1cncnc1. The largest absolute Gasteiger partial charge is 0.271 e. The van der Waals surface area contributed by atoms with E-state index in [0.29, 0.717) is 0 Å². The average molecular weight is 228 g/mol. The maximum atomic E-state index is 5.60. The molecule has 2 rings (SSSR count). The first-order valence-corrected chi connectivity index (χ1v) is 5.57. The molecule has 0 saturated carbocycles. The van der Waals surface area contributed by atoms with E-state index >= 15 is 0 Å². The molecule has 0 aliphatic rings. The van der Waals surface area contributed by atoms with Crippen molar-refractivity contribution in [3.05, 3.63) is 59.7 Å². The van der Waals surface area contributed by atoms with Crippen molar-refractivity contribution in [2.45, 2.75) is 19.4 Å². The molecule has 1 atom stereocenters. The van der Waals surface area contributed by atoms with Gasteiger partial charge in [0.2, 0.25) is 0 Å². The van der Waals surface area contributed by atoms with Crippen LogP contribution in [0.15, 0.2) is 43.0 Å². The first-order valence-electron chi connectivity index (χ1n) is 5.57. The van der Waals surface area contributed by atoms with Crippen molar-refractivity contribution in [2.75, 3.05) is 0 Å². The van der Waals surface area contributed by atoms with Gasteiger partial charge in [0.1, 0.15) is 6.33 Å². The number of rotatable bonds is 4. The van der Waals surface area contributed by atoms with E-state index in [0.717, 1.165) is 12.0 Å². The van der Waals surface area contributed by atoms with Gasteiger partial charge in [-0.2, -0.15) is 0 Å². The summed E-state index contributed by atoms with van der Waals surface area (Å²) in [4.78, 5) is 8.02. The molecule has 4 heteroatoms. The van der Waals surface area contributed by atoms with Crippen LogP contribution in [0.3, 0.4) is 0 Å². The lowest BCUT2D eigenvalue weighted by Gasteiger charge is -2.16. The summed E-state index contributed by atoms with van der Waals surface area (Å²) in [5, 5.41) is 0. The molecule has 0 saturated heterocycles.